The maximum atomic E-state index is 12.3. The Kier molecular flexibility index (Phi) is 3.37. The van der Waals surface area contributed by atoms with Gasteiger partial charge in [0.1, 0.15) is 5.75 Å². The highest BCUT2D eigenvalue weighted by Gasteiger charge is 2.20. The highest BCUT2D eigenvalue weighted by atomic mass is 16.3. The first kappa shape index (κ1) is 12.7. The highest BCUT2D eigenvalue weighted by molar-refractivity contribution is 5.79. The number of pyridine rings is 1. The molecule has 2 aromatic rings. The van der Waals surface area contributed by atoms with Crippen molar-refractivity contribution in [1.29, 1.82) is 0 Å². The SMILES string of the molecule is O=C(Cc1cccnc1)N1CCc2ccc(O)cc2C1. The van der Waals surface area contributed by atoms with Crippen LogP contribution in [0.4, 0.5) is 0 Å². The van der Waals surface area contributed by atoms with Crippen LogP contribution in [0.2, 0.25) is 0 Å². The number of phenols is 1. The Bertz CT molecular complexity index is 626. The predicted octanol–water partition coefficient (Wildman–Crippen LogP) is 1.91. The zero-order chi connectivity index (χ0) is 13.9. The molecule has 0 saturated heterocycles. The van der Waals surface area contributed by atoms with Crippen LogP contribution in [0.25, 0.3) is 0 Å². The minimum Gasteiger partial charge on any atom is -0.508 e. The van der Waals surface area contributed by atoms with Crippen LogP contribution < -0.4 is 0 Å². The van der Waals surface area contributed by atoms with Crippen LogP contribution in [0.15, 0.2) is 42.7 Å². The molecule has 1 amide bonds. The molecule has 1 aromatic heterocycles. The molecule has 102 valence electrons. The molecule has 0 saturated carbocycles. The van der Waals surface area contributed by atoms with Gasteiger partial charge in [0, 0.05) is 25.5 Å². The number of nitrogens with zero attached hydrogens (tertiary/aromatic N) is 2. The number of rotatable bonds is 2. The summed E-state index contributed by atoms with van der Waals surface area (Å²) in [6.45, 7) is 1.31. The number of aromatic hydroxyl groups is 1. The lowest BCUT2D eigenvalue weighted by Gasteiger charge is -2.29. The van der Waals surface area contributed by atoms with Gasteiger partial charge in [-0.15, -0.1) is 0 Å². The summed E-state index contributed by atoms with van der Waals surface area (Å²) in [5.41, 5.74) is 3.18. The van der Waals surface area contributed by atoms with Crippen LogP contribution in [0.1, 0.15) is 16.7 Å². The third-order valence-electron chi connectivity index (χ3n) is 3.63. The number of hydrogen-bond donors (Lipinski definition) is 1. The third kappa shape index (κ3) is 2.64. The van der Waals surface area contributed by atoms with Gasteiger partial charge in [0.15, 0.2) is 0 Å². The quantitative estimate of drug-likeness (QED) is 0.905. The lowest BCUT2D eigenvalue weighted by atomic mass is 9.99. The van der Waals surface area contributed by atoms with Crippen molar-refractivity contribution in [2.75, 3.05) is 6.54 Å². The molecule has 3 rings (SSSR count). The number of benzene rings is 1. The van der Waals surface area contributed by atoms with Crippen LogP contribution in [-0.2, 0) is 24.2 Å². The van der Waals surface area contributed by atoms with Crippen molar-refractivity contribution in [3.05, 3.63) is 59.4 Å². The van der Waals surface area contributed by atoms with E-state index in [4.69, 9.17) is 0 Å². The summed E-state index contributed by atoms with van der Waals surface area (Å²) in [6.07, 6.45) is 4.64. The minimum absolute atomic E-state index is 0.104. The summed E-state index contributed by atoms with van der Waals surface area (Å²) in [5, 5.41) is 9.54. The summed E-state index contributed by atoms with van der Waals surface area (Å²) in [7, 11) is 0. The summed E-state index contributed by atoms with van der Waals surface area (Å²) in [6, 6.07) is 9.14. The van der Waals surface area contributed by atoms with Crippen LogP contribution >= 0.6 is 0 Å². The molecule has 4 nitrogen and oxygen atoms in total. The maximum Gasteiger partial charge on any atom is 0.227 e. The molecule has 1 aromatic carbocycles. The lowest BCUT2D eigenvalue weighted by molar-refractivity contribution is -0.131. The van der Waals surface area contributed by atoms with Gasteiger partial charge in [0.05, 0.1) is 6.42 Å². The summed E-state index contributed by atoms with van der Waals surface area (Å²) in [4.78, 5) is 18.2. The van der Waals surface area contributed by atoms with Gasteiger partial charge in [0.2, 0.25) is 5.91 Å². The lowest BCUT2D eigenvalue weighted by Crippen LogP contribution is -2.36. The second-order valence-corrected chi connectivity index (χ2v) is 5.06. The van der Waals surface area contributed by atoms with E-state index in [0.717, 1.165) is 24.1 Å². The van der Waals surface area contributed by atoms with E-state index in [1.165, 1.54) is 5.56 Å². The van der Waals surface area contributed by atoms with Gasteiger partial charge in [0.25, 0.3) is 0 Å². The largest absolute Gasteiger partial charge is 0.508 e. The summed E-state index contributed by atoms with van der Waals surface area (Å²) in [5.74, 6) is 0.359. The number of hydrogen-bond acceptors (Lipinski definition) is 3. The van der Waals surface area contributed by atoms with Crippen LogP contribution in [-0.4, -0.2) is 27.4 Å². The average molecular weight is 268 g/mol. The number of amides is 1. The van der Waals surface area contributed by atoms with Crippen molar-refractivity contribution in [3.8, 4) is 5.75 Å². The van der Waals surface area contributed by atoms with Gasteiger partial charge in [-0.3, -0.25) is 9.78 Å². The van der Waals surface area contributed by atoms with Gasteiger partial charge in [-0.05, 0) is 41.3 Å². The topological polar surface area (TPSA) is 53.4 Å². The molecule has 0 unspecified atom stereocenters. The van der Waals surface area contributed by atoms with Gasteiger partial charge in [-0.1, -0.05) is 12.1 Å². The Morgan fingerprint density at radius 1 is 1.30 bits per heavy atom. The molecule has 0 aliphatic carbocycles. The van der Waals surface area contributed by atoms with E-state index < -0.39 is 0 Å². The Labute approximate surface area is 117 Å². The fourth-order valence-electron chi connectivity index (χ4n) is 2.55. The van der Waals surface area contributed by atoms with Crippen molar-refractivity contribution in [2.24, 2.45) is 0 Å². The van der Waals surface area contributed by atoms with Crippen LogP contribution in [0.3, 0.4) is 0 Å². The molecule has 0 atom stereocenters. The molecule has 1 N–H and O–H groups in total. The fourth-order valence-corrected chi connectivity index (χ4v) is 2.55. The van der Waals surface area contributed by atoms with E-state index in [9.17, 15) is 9.90 Å². The van der Waals surface area contributed by atoms with E-state index in [0.29, 0.717) is 13.0 Å². The van der Waals surface area contributed by atoms with Gasteiger partial charge < -0.3 is 10.0 Å². The zero-order valence-electron chi connectivity index (χ0n) is 11.1. The van der Waals surface area contributed by atoms with Crippen LogP contribution in [0, 0.1) is 0 Å². The first-order valence-electron chi connectivity index (χ1n) is 6.70. The molecule has 0 bridgehead atoms. The Morgan fingerprint density at radius 2 is 2.20 bits per heavy atom. The minimum atomic E-state index is 0.104. The summed E-state index contributed by atoms with van der Waals surface area (Å²) >= 11 is 0. The molecule has 0 radical (unpaired) electrons. The standard InChI is InChI=1S/C16H16N2O2/c19-15-4-3-13-5-7-18(11-14(13)9-15)16(20)8-12-2-1-6-17-10-12/h1-4,6,9-10,19H,5,7-8,11H2. The number of fused-ring (bicyclic) bond motifs is 1. The number of carbonyl (C=O) groups excluding carboxylic acids is 1. The first-order valence-corrected chi connectivity index (χ1v) is 6.70. The molecule has 4 heteroatoms. The molecule has 1 aliphatic heterocycles. The van der Waals surface area contributed by atoms with Gasteiger partial charge in [-0.25, -0.2) is 0 Å². The predicted molar refractivity (Wildman–Crippen MR) is 75.2 cm³/mol. The van der Waals surface area contributed by atoms with Crippen molar-refractivity contribution in [2.45, 2.75) is 19.4 Å². The van der Waals surface area contributed by atoms with E-state index in [1.807, 2.05) is 23.1 Å². The van der Waals surface area contributed by atoms with Crippen molar-refractivity contribution < 1.29 is 9.90 Å². The Hall–Kier alpha value is -2.36. The zero-order valence-corrected chi connectivity index (χ0v) is 11.1. The smallest absolute Gasteiger partial charge is 0.227 e. The van der Waals surface area contributed by atoms with Gasteiger partial charge >= 0.3 is 0 Å². The second kappa shape index (κ2) is 5.33. The Balaban J connectivity index is 1.72. The molecular formula is C16H16N2O2. The normalized spacial score (nSPS) is 13.9. The molecular weight excluding hydrogens is 252 g/mol. The van der Waals surface area contributed by atoms with E-state index in [1.54, 1.807) is 24.5 Å². The number of phenolic OH excluding ortho intramolecular Hbond substituents is 1. The molecule has 0 spiro atoms. The van der Waals surface area contributed by atoms with Crippen molar-refractivity contribution in [3.63, 3.8) is 0 Å². The number of carbonyl (C=O) groups is 1. The van der Waals surface area contributed by atoms with Crippen molar-refractivity contribution in [1.82, 2.24) is 9.88 Å². The van der Waals surface area contributed by atoms with E-state index >= 15 is 0 Å². The Morgan fingerprint density at radius 3 is 3.00 bits per heavy atom. The second-order valence-electron chi connectivity index (χ2n) is 5.06. The monoisotopic (exact) mass is 268 g/mol. The van der Waals surface area contributed by atoms with E-state index in [2.05, 4.69) is 4.98 Å². The molecule has 0 fully saturated rings. The third-order valence-corrected chi connectivity index (χ3v) is 3.63. The van der Waals surface area contributed by atoms with Crippen molar-refractivity contribution >= 4 is 5.91 Å². The first-order chi connectivity index (χ1) is 9.72. The maximum absolute atomic E-state index is 12.3. The average Bonchev–Trinajstić information content (AvgIpc) is 2.47. The number of aromatic nitrogens is 1. The molecule has 2 heterocycles. The fraction of sp³-hybridized carbons (Fsp3) is 0.250. The molecule has 20 heavy (non-hydrogen) atoms. The van der Waals surface area contributed by atoms with Gasteiger partial charge in [-0.2, -0.15) is 0 Å². The van der Waals surface area contributed by atoms with Crippen LogP contribution in [0.5, 0.6) is 5.75 Å². The van der Waals surface area contributed by atoms with E-state index in [-0.39, 0.29) is 11.7 Å². The molecule has 1 aliphatic rings. The highest BCUT2D eigenvalue weighted by Crippen LogP contribution is 2.23. The summed E-state index contributed by atoms with van der Waals surface area (Å²) < 4.78 is 0.